The van der Waals surface area contributed by atoms with E-state index >= 15 is 0 Å². The summed E-state index contributed by atoms with van der Waals surface area (Å²) < 4.78 is 5.70. The molecule has 0 saturated carbocycles. The number of benzene rings is 1. The van der Waals surface area contributed by atoms with Crippen molar-refractivity contribution in [2.75, 3.05) is 0 Å². The SMILES string of the molecule is Cc1cc(C(=O)O)cc(OC(C)c2ccccc2)n1. The highest BCUT2D eigenvalue weighted by Gasteiger charge is 2.11. The third-order valence-electron chi connectivity index (χ3n) is 2.74. The van der Waals surface area contributed by atoms with Gasteiger partial charge >= 0.3 is 5.97 Å². The number of aromatic carboxylic acids is 1. The van der Waals surface area contributed by atoms with Crippen molar-refractivity contribution in [1.82, 2.24) is 4.98 Å². The molecule has 1 unspecified atom stereocenters. The first-order chi connectivity index (χ1) is 9.06. The van der Waals surface area contributed by atoms with Crippen LogP contribution in [0.15, 0.2) is 42.5 Å². The Hall–Kier alpha value is -2.36. The van der Waals surface area contributed by atoms with Crippen molar-refractivity contribution >= 4 is 5.97 Å². The Morgan fingerprint density at radius 1 is 1.26 bits per heavy atom. The maximum absolute atomic E-state index is 11.0. The highest BCUT2D eigenvalue weighted by Crippen LogP contribution is 2.21. The van der Waals surface area contributed by atoms with Gasteiger partial charge < -0.3 is 9.84 Å². The van der Waals surface area contributed by atoms with Gasteiger partial charge in [0.2, 0.25) is 5.88 Å². The topological polar surface area (TPSA) is 59.4 Å². The van der Waals surface area contributed by atoms with Gasteiger partial charge in [0.15, 0.2) is 0 Å². The van der Waals surface area contributed by atoms with E-state index in [1.807, 2.05) is 37.3 Å². The summed E-state index contributed by atoms with van der Waals surface area (Å²) in [6.07, 6.45) is -0.183. The first-order valence-corrected chi connectivity index (χ1v) is 6.00. The normalized spacial score (nSPS) is 11.9. The van der Waals surface area contributed by atoms with Crippen LogP contribution in [0.3, 0.4) is 0 Å². The number of carbonyl (C=O) groups is 1. The lowest BCUT2D eigenvalue weighted by Gasteiger charge is -2.14. The van der Waals surface area contributed by atoms with E-state index in [9.17, 15) is 4.79 Å². The molecule has 98 valence electrons. The van der Waals surface area contributed by atoms with Gasteiger partial charge in [-0.1, -0.05) is 30.3 Å². The number of hydrogen-bond donors (Lipinski definition) is 1. The highest BCUT2D eigenvalue weighted by molar-refractivity contribution is 5.88. The van der Waals surface area contributed by atoms with Crippen molar-refractivity contribution in [2.24, 2.45) is 0 Å². The zero-order valence-corrected chi connectivity index (χ0v) is 10.8. The van der Waals surface area contributed by atoms with Crippen molar-refractivity contribution in [1.29, 1.82) is 0 Å². The number of ether oxygens (including phenoxy) is 1. The standard InChI is InChI=1S/C15H15NO3/c1-10-8-13(15(17)18)9-14(16-10)19-11(2)12-6-4-3-5-7-12/h3-9,11H,1-2H3,(H,17,18). The van der Waals surface area contributed by atoms with Crippen LogP contribution >= 0.6 is 0 Å². The van der Waals surface area contributed by atoms with E-state index in [2.05, 4.69) is 4.98 Å². The Labute approximate surface area is 111 Å². The summed E-state index contributed by atoms with van der Waals surface area (Å²) in [6, 6.07) is 12.7. The molecule has 0 bridgehead atoms. The fourth-order valence-electron chi connectivity index (χ4n) is 1.80. The molecule has 0 fully saturated rings. The molecule has 1 atom stereocenters. The molecule has 1 aromatic heterocycles. The molecular weight excluding hydrogens is 242 g/mol. The number of carboxylic acids is 1. The van der Waals surface area contributed by atoms with E-state index in [0.717, 1.165) is 5.56 Å². The minimum atomic E-state index is -0.984. The van der Waals surface area contributed by atoms with Gasteiger partial charge in [0.25, 0.3) is 0 Å². The number of hydrogen-bond acceptors (Lipinski definition) is 3. The van der Waals surface area contributed by atoms with Crippen LogP contribution in [0.25, 0.3) is 0 Å². The third-order valence-corrected chi connectivity index (χ3v) is 2.74. The molecule has 2 aromatic rings. The molecule has 0 saturated heterocycles. The second-order valence-electron chi connectivity index (χ2n) is 4.31. The van der Waals surface area contributed by atoms with Gasteiger partial charge in [0.05, 0.1) is 5.56 Å². The van der Waals surface area contributed by atoms with Gasteiger partial charge in [0.1, 0.15) is 6.10 Å². The van der Waals surface area contributed by atoms with E-state index < -0.39 is 5.97 Å². The van der Waals surface area contributed by atoms with Crippen LogP contribution in [0.4, 0.5) is 0 Å². The summed E-state index contributed by atoms with van der Waals surface area (Å²) in [5, 5.41) is 9.00. The smallest absolute Gasteiger partial charge is 0.335 e. The molecular formula is C15H15NO3. The van der Waals surface area contributed by atoms with E-state index in [1.165, 1.54) is 12.1 Å². The summed E-state index contributed by atoms with van der Waals surface area (Å²) in [6.45, 7) is 3.65. The van der Waals surface area contributed by atoms with Crippen molar-refractivity contribution in [3.05, 3.63) is 59.3 Å². The fraction of sp³-hybridized carbons (Fsp3) is 0.200. The van der Waals surface area contributed by atoms with Crippen LogP contribution in [0, 0.1) is 6.92 Å². The summed E-state index contributed by atoms with van der Waals surface area (Å²) in [7, 11) is 0. The average Bonchev–Trinajstić information content (AvgIpc) is 2.39. The summed E-state index contributed by atoms with van der Waals surface area (Å²) in [5.41, 5.74) is 1.82. The number of aromatic nitrogens is 1. The van der Waals surface area contributed by atoms with Gasteiger partial charge in [0, 0.05) is 11.8 Å². The molecule has 1 aromatic carbocycles. The molecule has 19 heavy (non-hydrogen) atoms. The molecule has 1 N–H and O–H groups in total. The lowest BCUT2D eigenvalue weighted by molar-refractivity contribution is 0.0695. The van der Waals surface area contributed by atoms with Crippen LogP contribution in [0.1, 0.15) is 34.6 Å². The Balaban J connectivity index is 2.21. The lowest BCUT2D eigenvalue weighted by atomic mass is 10.1. The van der Waals surface area contributed by atoms with E-state index in [1.54, 1.807) is 6.92 Å². The van der Waals surface area contributed by atoms with Crippen LogP contribution in [0.5, 0.6) is 5.88 Å². The van der Waals surface area contributed by atoms with Crippen LogP contribution < -0.4 is 4.74 Å². The monoisotopic (exact) mass is 257 g/mol. The third kappa shape index (κ3) is 3.31. The quantitative estimate of drug-likeness (QED) is 0.913. The molecule has 0 aliphatic rings. The van der Waals surface area contributed by atoms with Crippen molar-refractivity contribution < 1.29 is 14.6 Å². The molecule has 0 radical (unpaired) electrons. The van der Waals surface area contributed by atoms with Crippen molar-refractivity contribution in [3.63, 3.8) is 0 Å². The highest BCUT2D eigenvalue weighted by atomic mass is 16.5. The maximum Gasteiger partial charge on any atom is 0.335 e. The first kappa shape index (κ1) is 13.1. The zero-order chi connectivity index (χ0) is 13.8. The Morgan fingerprint density at radius 3 is 2.58 bits per heavy atom. The minimum absolute atomic E-state index is 0.183. The molecule has 0 amide bonds. The number of pyridine rings is 1. The molecule has 4 nitrogen and oxygen atoms in total. The number of rotatable bonds is 4. The van der Waals surface area contributed by atoms with E-state index in [4.69, 9.17) is 9.84 Å². The second-order valence-corrected chi connectivity index (χ2v) is 4.31. The van der Waals surface area contributed by atoms with E-state index in [-0.39, 0.29) is 11.7 Å². The Morgan fingerprint density at radius 2 is 1.95 bits per heavy atom. The molecule has 0 spiro atoms. The minimum Gasteiger partial charge on any atom is -0.478 e. The average molecular weight is 257 g/mol. The zero-order valence-electron chi connectivity index (χ0n) is 10.8. The van der Waals surface area contributed by atoms with Crippen LogP contribution in [-0.4, -0.2) is 16.1 Å². The number of aryl methyl sites for hydroxylation is 1. The maximum atomic E-state index is 11.0. The first-order valence-electron chi connectivity index (χ1n) is 6.00. The second kappa shape index (κ2) is 5.52. The fourth-order valence-corrected chi connectivity index (χ4v) is 1.80. The predicted octanol–water partition coefficient (Wildman–Crippen LogP) is 3.23. The molecule has 1 heterocycles. The van der Waals surface area contributed by atoms with E-state index in [0.29, 0.717) is 11.6 Å². The molecule has 2 rings (SSSR count). The van der Waals surface area contributed by atoms with Gasteiger partial charge in [-0.05, 0) is 25.5 Å². The predicted molar refractivity (Wildman–Crippen MR) is 71.4 cm³/mol. The molecule has 0 aliphatic heterocycles. The summed E-state index contributed by atoms with van der Waals surface area (Å²) in [4.78, 5) is 15.2. The lowest BCUT2D eigenvalue weighted by Crippen LogP contribution is -2.06. The van der Waals surface area contributed by atoms with Gasteiger partial charge in [-0.3, -0.25) is 0 Å². The largest absolute Gasteiger partial charge is 0.478 e. The number of carboxylic acid groups (broad SMARTS) is 1. The van der Waals surface area contributed by atoms with Gasteiger partial charge in [-0.25, -0.2) is 9.78 Å². The van der Waals surface area contributed by atoms with Gasteiger partial charge in [-0.15, -0.1) is 0 Å². The summed E-state index contributed by atoms with van der Waals surface area (Å²) in [5.74, 6) is -0.656. The Kier molecular flexibility index (Phi) is 3.80. The molecule has 0 aliphatic carbocycles. The van der Waals surface area contributed by atoms with Crippen molar-refractivity contribution in [3.8, 4) is 5.88 Å². The summed E-state index contributed by atoms with van der Waals surface area (Å²) >= 11 is 0. The van der Waals surface area contributed by atoms with Crippen molar-refractivity contribution in [2.45, 2.75) is 20.0 Å². The van der Waals surface area contributed by atoms with Gasteiger partial charge in [-0.2, -0.15) is 0 Å². The molecule has 4 heteroatoms. The Bertz CT molecular complexity index is 581. The van der Waals surface area contributed by atoms with Crippen LogP contribution in [-0.2, 0) is 0 Å². The number of nitrogens with zero attached hydrogens (tertiary/aromatic N) is 1. The van der Waals surface area contributed by atoms with Crippen LogP contribution in [0.2, 0.25) is 0 Å².